The van der Waals surface area contributed by atoms with Crippen molar-refractivity contribution in [3.8, 4) is 0 Å². The van der Waals surface area contributed by atoms with E-state index in [1.165, 1.54) is 11.3 Å². The highest BCUT2D eigenvalue weighted by molar-refractivity contribution is 7.09. The normalized spacial score (nSPS) is 12.1. The molecule has 0 aliphatic carbocycles. The van der Waals surface area contributed by atoms with Crippen LogP contribution in [-0.2, 0) is 29.1 Å². The van der Waals surface area contributed by atoms with Gasteiger partial charge in [-0.15, -0.1) is 11.3 Å². The molecule has 1 atom stereocenters. The van der Waals surface area contributed by atoms with Gasteiger partial charge in [-0.2, -0.15) is 0 Å². The number of hydrogen-bond acceptors (Lipinski definition) is 5. The van der Waals surface area contributed by atoms with Gasteiger partial charge in [-0.3, -0.25) is 4.79 Å². The van der Waals surface area contributed by atoms with Crippen LogP contribution >= 0.6 is 22.9 Å². The Morgan fingerprint density at radius 2 is 2.36 bits per heavy atom. The molecule has 1 amide bonds. The summed E-state index contributed by atoms with van der Waals surface area (Å²) in [6, 6.07) is 7.08. The number of aliphatic hydroxyl groups is 1. The van der Waals surface area contributed by atoms with Gasteiger partial charge in [-0.05, 0) is 17.7 Å². The van der Waals surface area contributed by atoms with Crippen LogP contribution < -0.4 is 5.32 Å². The number of thiazole rings is 1. The van der Waals surface area contributed by atoms with Gasteiger partial charge in [0.05, 0.1) is 18.8 Å². The molecule has 0 radical (unpaired) electrons. The summed E-state index contributed by atoms with van der Waals surface area (Å²) < 4.78 is 4.99. The van der Waals surface area contributed by atoms with Crippen LogP contribution in [0.25, 0.3) is 0 Å². The van der Waals surface area contributed by atoms with Gasteiger partial charge in [0.25, 0.3) is 0 Å². The summed E-state index contributed by atoms with van der Waals surface area (Å²) in [5.41, 5.74) is 1.56. The first-order valence-electron chi connectivity index (χ1n) is 6.71. The van der Waals surface area contributed by atoms with E-state index in [0.717, 1.165) is 16.3 Å². The van der Waals surface area contributed by atoms with Crippen molar-refractivity contribution < 1.29 is 14.6 Å². The predicted octanol–water partition coefficient (Wildman–Crippen LogP) is 2.16. The Morgan fingerprint density at radius 1 is 1.55 bits per heavy atom. The van der Waals surface area contributed by atoms with Crippen molar-refractivity contribution in [2.24, 2.45) is 0 Å². The molecule has 22 heavy (non-hydrogen) atoms. The van der Waals surface area contributed by atoms with E-state index in [0.29, 0.717) is 11.6 Å². The van der Waals surface area contributed by atoms with E-state index in [1.807, 2.05) is 11.4 Å². The average molecular weight is 341 g/mol. The lowest BCUT2D eigenvalue weighted by Gasteiger charge is -2.11. The van der Waals surface area contributed by atoms with Crippen LogP contribution in [0.15, 0.2) is 29.6 Å². The van der Waals surface area contributed by atoms with Crippen molar-refractivity contribution in [1.82, 2.24) is 10.3 Å². The summed E-state index contributed by atoms with van der Waals surface area (Å²) in [5.74, 6) is -0.429. The minimum atomic E-state index is -1.12. The number of benzene rings is 1. The van der Waals surface area contributed by atoms with E-state index in [-0.39, 0.29) is 13.0 Å². The Bertz CT molecular complexity index is 633. The third kappa shape index (κ3) is 5.06. The van der Waals surface area contributed by atoms with Gasteiger partial charge in [-0.1, -0.05) is 23.7 Å². The molecule has 2 N–H and O–H groups in total. The summed E-state index contributed by atoms with van der Waals surface area (Å²) in [7, 11) is 1.61. The Balaban J connectivity index is 1.83. The lowest BCUT2D eigenvalue weighted by atomic mass is 10.1. The third-order valence-electron chi connectivity index (χ3n) is 2.93. The molecule has 0 aliphatic rings. The molecule has 1 heterocycles. The molecule has 1 aromatic carbocycles. The van der Waals surface area contributed by atoms with Gasteiger partial charge in [0.15, 0.2) is 0 Å². The Labute approximate surface area is 137 Å². The zero-order chi connectivity index (χ0) is 15.9. The van der Waals surface area contributed by atoms with E-state index in [1.54, 1.807) is 25.3 Å². The molecule has 7 heteroatoms. The highest BCUT2D eigenvalue weighted by Gasteiger charge is 2.16. The number of nitrogens with zero attached hydrogens (tertiary/aromatic N) is 1. The van der Waals surface area contributed by atoms with E-state index in [2.05, 4.69) is 10.3 Å². The van der Waals surface area contributed by atoms with Gasteiger partial charge in [0.2, 0.25) is 5.91 Å². The standard InChI is InChI=1S/C15H17ClN2O3S/c1-21-8-14-18-12(9-22-14)7-17-15(20)13(19)6-10-3-2-4-11(16)5-10/h2-5,9,13,19H,6-8H2,1H3,(H,17,20). The molecule has 0 saturated heterocycles. The maximum atomic E-state index is 11.9. The first kappa shape index (κ1) is 16.9. The second-order valence-corrected chi connectivity index (χ2v) is 6.11. The number of aliphatic hydroxyl groups excluding tert-OH is 1. The van der Waals surface area contributed by atoms with Gasteiger partial charge in [0.1, 0.15) is 11.1 Å². The van der Waals surface area contributed by atoms with E-state index >= 15 is 0 Å². The SMILES string of the molecule is COCc1nc(CNC(=O)C(O)Cc2cccc(Cl)c2)cs1. The number of rotatable bonds is 7. The number of halogens is 1. The molecule has 0 spiro atoms. The summed E-state index contributed by atoms with van der Waals surface area (Å²) >= 11 is 7.35. The molecule has 1 aromatic heterocycles. The summed E-state index contributed by atoms with van der Waals surface area (Å²) in [6.07, 6.45) is -0.895. The van der Waals surface area contributed by atoms with Gasteiger partial charge in [-0.25, -0.2) is 4.98 Å². The molecule has 0 saturated carbocycles. The number of methoxy groups -OCH3 is 1. The van der Waals surface area contributed by atoms with E-state index in [9.17, 15) is 9.90 Å². The summed E-state index contributed by atoms with van der Waals surface area (Å²) in [4.78, 5) is 16.2. The number of carbonyl (C=O) groups is 1. The topological polar surface area (TPSA) is 71.5 Å². The average Bonchev–Trinajstić information content (AvgIpc) is 2.93. The lowest BCUT2D eigenvalue weighted by molar-refractivity contribution is -0.129. The number of amides is 1. The Hall–Kier alpha value is -1.47. The maximum absolute atomic E-state index is 11.9. The summed E-state index contributed by atoms with van der Waals surface area (Å²) in [5, 5.41) is 15.9. The highest BCUT2D eigenvalue weighted by atomic mass is 35.5. The van der Waals surface area contributed by atoms with Crippen molar-refractivity contribution in [1.29, 1.82) is 0 Å². The second kappa shape index (κ2) is 8.24. The monoisotopic (exact) mass is 340 g/mol. The van der Waals surface area contributed by atoms with Gasteiger partial charge >= 0.3 is 0 Å². The number of nitrogens with one attached hydrogen (secondary N) is 1. The highest BCUT2D eigenvalue weighted by Crippen LogP contribution is 2.13. The molecule has 5 nitrogen and oxygen atoms in total. The lowest BCUT2D eigenvalue weighted by Crippen LogP contribution is -2.35. The first-order valence-corrected chi connectivity index (χ1v) is 7.96. The zero-order valence-corrected chi connectivity index (χ0v) is 13.7. The smallest absolute Gasteiger partial charge is 0.249 e. The second-order valence-electron chi connectivity index (χ2n) is 4.73. The molecule has 1 unspecified atom stereocenters. The third-order valence-corrected chi connectivity index (χ3v) is 4.04. The van der Waals surface area contributed by atoms with E-state index in [4.69, 9.17) is 16.3 Å². The van der Waals surface area contributed by atoms with Crippen molar-refractivity contribution in [3.63, 3.8) is 0 Å². The number of carbonyl (C=O) groups excluding carboxylic acids is 1. The van der Waals surface area contributed by atoms with Crippen LogP contribution in [0.4, 0.5) is 0 Å². The quantitative estimate of drug-likeness (QED) is 0.810. The minimum absolute atomic E-state index is 0.221. The zero-order valence-electron chi connectivity index (χ0n) is 12.1. The molecular formula is C15H17ClN2O3S. The van der Waals surface area contributed by atoms with Crippen LogP contribution in [0.2, 0.25) is 5.02 Å². The molecular weight excluding hydrogens is 324 g/mol. The maximum Gasteiger partial charge on any atom is 0.249 e. The number of hydrogen-bond donors (Lipinski definition) is 2. The molecule has 2 aromatic rings. The van der Waals surface area contributed by atoms with Crippen LogP contribution in [0.5, 0.6) is 0 Å². The van der Waals surface area contributed by atoms with E-state index < -0.39 is 12.0 Å². The summed E-state index contributed by atoms with van der Waals surface area (Å²) in [6.45, 7) is 0.738. The molecule has 0 bridgehead atoms. The molecule has 118 valence electrons. The van der Waals surface area contributed by atoms with Crippen molar-refractivity contribution >= 4 is 28.8 Å². The van der Waals surface area contributed by atoms with Crippen molar-refractivity contribution in [2.45, 2.75) is 25.7 Å². The fourth-order valence-electron chi connectivity index (χ4n) is 1.90. The first-order chi connectivity index (χ1) is 10.6. The molecule has 2 rings (SSSR count). The van der Waals surface area contributed by atoms with Crippen LogP contribution in [0.1, 0.15) is 16.3 Å². The van der Waals surface area contributed by atoms with Crippen molar-refractivity contribution in [2.75, 3.05) is 7.11 Å². The molecule has 0 fully saturated rings. The number of ether oxygens (including phenoxy) is 1. The fourth-order valence-corrected chi connectivity index (χ4v) is 2.87. The Kier molecular flexibility index (Phi) is 6.33. The van der Waals surface area contributed by atoms with Crippen LogP contribution in [0.3, 0.4) is 0 Å². The largest absolute Gasteiger partial charge is 0.383 e. The van der Waals surface area contributed by atoms with Crippen LogP contribution in [0, 0.1) is 0 Å². The Morgan fingerprint density at radius 3 is 3.09 bits per heavy atom. The minimum Gasteiger partial charge on any atom is -0.383 e. The molecule has 0 aliphatic heterocycles. The van der Waals surface area contributed by atoms with Gasteiger partial charge in [0, 0.05) is 23.9 Å². The van der Waals surface area contributed by atoms with Crippen molar-refractivity contribution in [3.05, 3.63) is 50.9 Å². The van der Waals surface area contributed by atoms with Crippen LogP contribution in [-0.4, -0.2) is 29.2 Å². The predicted molar refractivity (Wildman–Crippen MR) is 85.8 cm³/mol. The number of aromatic nitrogens is 1. The fraction of sp³-hybridized carbons (Fsp3) is 0.333. The van der Waals surface area contributed by atoms with Gasteiger partial charge < -0.3 is 15.2 Å².